The van der Waals surface area contributed by atoms with Crippen LogP contribution >= 0.6 is 0 Å². The molecule has 0 atom stereocenters. The van der Waals surface area contributed by atoms with E-state index in [1.807, 2.05) is 30.3 Å². The van der Waals surface area contributed by atoms with Gasteiger partial charge in [0.15, 0.2) is 0 Å². The smallest absolute Gasteiger partial charge is 0.127 e. The highest BCUT2D eigenvalue weighted by Gasteiger charge is 2.21. The van der Waals surface area contributed by atoms with Gasteiger partial charge in [-0.05, 0) is 48.1 Å². The summed E-state index contributed by atoms with van der Waals surface area (Å²) in [5, 5.41) is 0. The van der Waals surface area contributed by atoms with Crippen molar-refractivity contribution in [2.45, 2.75) is 39.0 Å². The Kier molecular flexibility index (Phi) is 4.26. The molecule has 1 heteroatoms. The third kappa shape index (κ3) is 3.17. The third-order valence-electron chi connectivity index (χ3n) is 4.09. The zero-order valence-corrected chi connectivity index (χ0v) is 12.0. The van der Waals surface area contributed by atoms with Crippen LogP contribution in [0.5, 0.6) is 11.5 Å². The van der Waals surface area contributed by atoms with Crippen molar-refractivity contribution in [1.82, 2.24) is 0 Å². The lowest BCUT2D eigenvalue weighted by atomic mass is 9.78. The molecule has 19 heavy (non-hydrogen) atoms. The summed E-state index contributed by atoms with van der Waals surface area (Å²) in [6, 6.07) is 18.4. The molecular formula is C18H22O. The van der Waals surface area contributed by atoms with Crippen LogP contribution in [0.4, 0.5) is 0 Å². The highest BCUT2D eigenvalue weighted by Crippen LogP contribution is 2.32. The van der Waals surface area contributed by atoms with Gasteiger partial charge >= 0.3 is 0 Å². The summed E-state index contributed by atoms with van der Waals surface area (Å²) in [5.74, 6) is 1.77. The first kappa shape index (κ1) is 13.7. The van der Waals surface area contributed by atoms with Gasteiger partial charge in [0, 0.05) is 0 Å². The molecule has 0 amide bonds. The van der Waals surface area contributed by atoms with Crippen molar-refractivity contribution in [3.8, 4) is 11.5 Å². The zero-order chi connectivity index (χ0) is 13.7. The number of para-hydroxylation sites is 1. The van der Waals surface area contributed by atoms with E-state index in [-0.39, 0.29) is 5.41 Å². The summed E-state index contributed by atoms with van der Waals surface area (Å²) in [6.45, 7) is 6.82. The number of hydrogen-bond donors (Lipinski definition) is 0. The topological polar surface area (TPSA) is 9.23 Å². The molecule has 0 aromatic heterocycles. The van der Waals surface area contributed by atoms with Crippen molar-refractivity contribution in [1.29, 1.82) is 0 Å². The van der Waals surface area contributed by atoms with Gasteiger partial charge in [0.2, 0.25) is 0 Å². The molecule has 0 aliphatic rings. The lowest BCUT2D eigenvalue weighted by Gasteiger charge is -2.27. The summed E-state index contributed by atoms with van der Waals surface area (Å²) in [4.78, 5) is 0. The van der Waals surface area contributed by atoms with Gasteiger partial charge in [-0.15, -0.1) is 0 Å². The van der Waals surface area contributed by atoms with Crippen molar-refractivity contribution in [2.75, 3.05) is 0 Å². The number of rotatable bonds is 5. The summed E-state index contributed by atoms with van der Waals surface area (Å²) < 4.78 is 5.81. The Balaban J connectivity index is 2.15. The molecular weight excluding hydrogens is 232 g/mol. The molecule has 0 radical (unpaired) electrons. The van der Waals surface area contributed by atoms with E-state index in [1.165, 1.54) is 5.56 Å². The SMILES string of the molecule is CCC(C)(CC)c1ccc(Oc2ccccc2)cc1. The zero-order valence-electron chi connectivity index (χ0n) is 12.0. The second-order valence-electron chi connectivity index (χ2n) is 5.21. The van der Waals surface area contributed by atoms with Crippen molar-refractivity contribution in [3.63, 3.8) is 0 Å². The number of ether oxygens (including phenoxy) is 1. The number of benzene rings is 2. The van der Waals surface area contributed by atoms with Crippen molar-refractivity contribution in [3.05, 3.63) is 60.2 Å². The Hall–Kier alpha value is -1.76. The van der Waals surface area contributed by atoms with Crippen LogP contribution in [0.15, 0.2) is 54.6 Å². The molecule has 0 fully saturated rings. The Morgan fingerprint density at radius 1 is 0.789 bits per heavy atom. The average Bonchev–Trinajstić information content (AvgIpc) is 2.48. The lowest BCUT2D eigenvalue weighted by Crippen LogP contribution is -2.19. The molecule has 0 saturated heterocycles. The van der Waals surface area contributed by atoms with Crippen LogP contribution in [0.2, 0.25) is 0 Å². The molecule has 0 unspecified atom stereocenters. The van der Waals surface area contributed by atoms with E-state index in [0.29, 0.717) is 0 Å². The quantitative estimate of drug-likeness (QED) is 0.679. The van der Waals surface area contributed by atoms with Crippen LogP contribution in [0.25, 0.3) is 0 Å². The van der Waals surface area contributed by atoms with Gasteiger partial charge in [0.25, 0.3) is 0 Å². The van der Waals surface area contributed by atoms with E-state index in [0.717, 1.165) is 24.3 Å². The fourth-order valence-corrected chi connectivity index (χ4v) is 2.21. The van der Waals surface area contributed by atoms with Crippen LogP contribution in [0.1, 0.15) is 39.2 Å². The normalized spacial score (nSPS) is 11.3. The molecule has 0 bridgehead atoms. The molecule has 2 rings (SSSR count). The first-order chi connectivity index (χ1) is 9.18. The van der Waals surface area contributed by atoms with E-state index < -0.39 is 0 Å². The summed E-state index contributed by atoms with van der Waals surface area (Å²) >= 11 is 0. The molecule has 0 aliphatic carbocycles. The van der Waals surface area contributed by atoms with Crippen molar-refractivity contribution >= 4 is 0 Å². The van der Waals surface area contributed by atoms with E-state index in [4.69, 9.17) is 4.74 Å². The van der Waals surface area contributed by atoms with E-state index in [1.54, 1.807) is 0 Å². The first-order valence-corrected chi connectivity index (χ1v) is 7.01. The van der Waals surface area contributed by atoms with Crippen molar-refractivity contribution < 1.29 is 4.74 Å². The molecule has 0 saturated carbocycles. The highest BCUT2D eigenvalue weighted by atomic mass is 16.5. The maximum atomic E-state index is 5.81. The summed E-state index contributed by atoms with van der Waals surface area (Å²) in [7, 11) is 0. The van der Waals surface area contributed by atoms with Gasteiger partial charge in [-0.25, -0.2) is 0 Å². The third-order valence-corrected chi connectivity index (χ3v) is 4.09. The maximum Gasteiger partial charge on any atom is 0.127 e. The average molecular weight is 254 g/mol. The van der Waals surface area contributed by atoms with Crippen LogP contribution in [0.3, 0.4) is 0 Å². The maximum absolute atomic E-state index is 5.81. The predicted octanol–water partition coefficient (Wildman–Crippen LogP) is 5.56. The summed E-state index contributed by atoms with van der Waals surface area (Å²) in [6.07, 6.45) is 2.31. The van der Waals surface area contributed by atoms with Gasteiger partial charge in [0.05, 0.1) is 0 Å². The molecule has 100 valence electrons. The van der Waals surface area contributed by atoms with Crippen LogP contribution in [-0.4, -0.2) is 0 Å². The fourth-order valence-electron chi connectivity index (χ4n) is 2.21. The highest BCUT2D eigenvalue weighted by molar-refractivity contribution is 5.35. The molecule has 0 N–H and O–H groups in total. The molecule has 0 aliphatic heterocycles. The van der Waals surface area contributed by atoms with E-state index >= 15 is 0 Å². The Morgan fingerprint density at radius 3 is 1.84 bits per heavy atom. The van der Waals surface area contributed by atoms with Gasteiger partial charge < -0.3 is 4.74 Å². The van der Waals surface area contributed by atoms with E-state index in [2.05, 4.69) is 45.0 Å². The predicted molar refractivity (Wildman–Crippen MR) is 80.9 cm³/mol. The minimum absolute atomic E-state index is 0.269. The van der Waals surface area contributed by atoms with Crippen LogP contribution in [-0.2, 0) is 5.41 Å². The standard InChI is InChI=1S/C18H22O/c1-4-18(3,5-2)15-11-13-17(14-12-15)19-16-9-7-6-8-10-16/h6-14H,4-5H2,1-3H3. The second kappa shape index (κ2) is 5.92. The van der Waals surface area contributed by atoms with Gasteiger partial charge in [-0.1, -0.05) is 51.1 Å². The first-order valence-electron chi connectivity index (χ1n) is 7.01. The molecule has 0 heterocycles. The van der Waals surface area contributed by atoms with Gasteiger partial charge in [-0.2, -0.15) is 0 Å². The van der Waals surface area contributed by atoms with Gasteiger partial charge in [0.1, 0.15) is 11.5 Å². The second-order valence-corrected chi connectivity index (χ2v) is 5.21. The Labute approximate surface area is 116 Å². The lowest BCUT2D eigenvalue weighted by molar-refractivity contribution is 0.436. The molecule has 0 spiro atoms. The Bertz CT molecular complexity index is 495. The van der Waals surface area contributed by atoms with Crippen LogP contribution < -0.4 is 4.74 Å². The number of hydrogen-bond acceptors (Lipinski definition) is 1. The van der Waals surface area contributed by atoms with Crippen molar-refractivity contribution in [2.24, 2.45) is 0 Å². The summed E-state index contributed by atoms with van der Waals surface area (Å²) in [5.41, 5.74) is 1.66. The largest absolute Gasteiger partial charge is 0.457 e. The fraction of sp³-hybridized carbons (Fsp3) is 0.333. The molecule has 2 aromatic carbocycles. The Morgan fingerprint density at radius 2 is 1.32 bits per heavy atom. The molecule has 2 aromatic rings. The minimum atomic E-state index is 0.269. The monoisotopic (exact) mass is 254 g/mol. The molecule has 1 nitrogen and oxygen atoms in total. The van der Waals surface area contributed by atoms with Gasteiger partial charge in [-0.3, -0.25) is 0 Å². The van der Waals surface area contributed by atoms with E-state index in [9.17, 15) is 0 Å². The van der Waals surface area contributed by atoms with Crippen LogP contribution in [0, 0.1) is 0 Å². The minimum Gasteiger partial charge on any atom is -0.457 e.